The first-order valence-corrected chi connectivity index (χ1v) is 10.8. The van der Waals surface area contributed by atoms with Gasteiger partial charge in [0.05, 0.1) is 0 Å². The van der Waals surface area contributed by atoms with Gasteiger partial charge in [-0.05, 0) is 96.0 Å². The van der Waals surface area contributed by atoms with Crippen LogP contribution in [0.25, 0.3) is 11.1 Å². The van der Waals surface area contributed by atoms with E-state index < -0.39 is 0 Å². The van der Waals surface area contributed by atoms with Crippen LogP contribution in [0.3, 0.4) is 0 Å². The Morgan fingerprint density at radius 1 is 0.667 bits per heavy atom. The van der Waals surface area contributed by atoms with E-state index in [-0.39, 0.29) is 5.75 Å². The highest BCUT2D eigenvalue weighted by Gasteiger charge is 2.16. The molecule has 5 nitrogen and oxygen atoms in total. The summed E-state index contributed by atoms with van der Waals surface area (Å²) in [6, 6.07) is 23.5. The summed E-state index contributed by atoms with van der Waals surface area (Å²) in [5.74, 6) is 1.07. The predicted molar refractivity (Wildman–Crippen MR) is 132 cm³/mol. The normalized spacial score (nSPS) is 10.8. The number of hydrogen-bond donors (Lipinski definition) is 1. The SMILES string of the molecule is CN(C)CCOc1ccc(C(=C(c2ccncc2)c2ccncc2)c2ccc(O)cc2)cc1. The molecule has 0 spiro atoms. The molecule has 2 aromatic heterocycles. The van der Waals surface area contributed by atoms with E-state index in [0.717, 1.165) is 45.7 Å². The summed E-state index contributed by atoms with van der Waals surface area (Å²) in [4.78, 5) is 10.5. The van der Waals surface area contributed by atoms with Crippen molar-refractivity contribution >= 4 is 11.1 Å². The molecule has 33 heavy (non-hydrogen) atoms. The molecular formula is C28H27N3O2. The number of aromatic hydroxyl groups is 1. The molecule has 4 aromatic rings. The van der Waals surface area contributed by atoms with Gasteiger partial charge in [-0.2, -0.15) is 0 Å². The Labute approximate surface area is 194 Å². The zero-order chi connectivity index (χ0) is 23.0. The Kier molecular flexibility index (Phi) is 7.12. The molecule has 0 amide bonds. The lowest BCUT2D eigenvalue weighted by atomic mass is 9.86. The lowest BCUT2D eigenvalue weighted by Gasteiger charge is -2.18. The predicted octanol–water partition coefficient (Wildman–Crippen LogP) is 5.13. The molecule has 0 radical (unpaired) electrons. The maximum atomic E-state index is 9.89. The van der Waals surface area contributed by atoms with Gasteiger partial charge < -0.3 is 14.7 Å². The number of rotatable bonds is 8. The molecule has 0 aliphatic heterocycles. The summed E-state index contributed by atoms with van der Waals surface area (Å²) in [7, 11) is 4.06. The molecule has 5 heteroatoms. The third-order valence-electron chi connectivity index (χ3n) is 5.29. The van der Waals surface area contributed by atoms with Crippen LogP contribution in [0.2, 0.25) is 0 Å². The average Bonchev–Trinajstić information content (AvgIpc) is 2.85. The fourth-order valence-corrected chi connectivity index (χ4v) is 3.64. The molecule has 0 fully saturated rings. The van der Waals surface area contributed by atoms with E-state index in [2.05, 4.69) is 27.0 Å². The van der Waals surface area contributed by atoms with Crippen LogP contribution in [-0.2, 0) is 0 Å². The van der Waals surface area contributed by atoms with Crippen LogP contribution in [0.4, 0.5) is 0 Å². The zero-order valence-electron chi connectivity index (χ0n) is 18.8. The number of ether oxygens (including phenoxy) is 1. The van der Waals surface area contributed by atoms with Crippen molar-refractivity contribution in [2.75, 3.05) is 27.2 Å². The number of benzene rings is 2. The van der Waals surface area contributed by atoms with Crippen molar-refractivity contribution in [2.45, 2.75) is 0 Å². The fourth-order valence-electron chi connectivity index (χ4n) is 3.64. The Balaban J connectivity index is 1.87. The van der Waals surface area contributed by atoms with Crippen molar-refractivity contribution in [3.8, 4) is 11.5 Å². The molecule has 166 valence electrons. The van der Waals surface area contributed by atoms with Crippen LogP contribution in [-0.4, -0.2) is 47.2 Å². The Bertz CT molecular complexity index is 1150. The van der Waals surface area contributed by atoms with Crippen molar-refractivity contribution in [3.63, 3.8) is 0 Å². The molecule has 1 N–H and O–H groups in total. The van der Waals surface area contributed by atoms with E-state index in [1.165, 1.54) is 0 Å². The molecule has 0 atom stereocenters. The minimum atomic E-state index is 0.233. The largest absolute Gasteiger partial charge is 0.508 e. The standard InChI is InChI=1S/C28H27N3O2/c1-31(2)19-20-33-26-9-5-22(6-10-26)27(21-3-7-25(32)8-4-21)28(23-11-15-29-16-12-23)24-13-17-30-18-14-24/h3-18,32H,19-20H2,1-2H3. The molecular weight excluding hydrogens is 410 g/mol. The van der Waals surface area contributed by atoms with Gasteiger partial charge in [0.25, 0.3) is 0 Å². The van der Waals surface area contributed by atoms with Gasteiger partial charge in [-0.25, -0.2) is 0 Å². The first-order chi connectivity index (χ1) is 16.1. The van der Waals surface area contributed by atoms with E-state index in [1.807, 2.05) is 62.6 Å². The highest BCUT2D eigenvalue weighted by atomic mass is 16.5. The quantitative estimate of drug-likeness (QED) is 0.414. The van der Waals surface area contributed by atoms with Crippen molar-refractivity contribution in [1.29, 1.82) is 0 Å². The summed E-state index contributed by atoms with van der Waals surface area (Å²) < 4.78 is 5.90. The highest BCUT2D eigenvalue weighted by Crippen LogP contribution is 2.37. The molecule has 2 heterocycles. The summed E-state index contributed by atoms with van der Waals surface area (Å²) in [5, 5.41) is 9.89. The van der Waals surface area contributed by atoms with Gasteiger partial charge in [-0.15, -0.1) is 0 Å². The van der Waals surface area contributed by atoms with Crippen LogP contribution < -0.4 is 4.74 Å². The monoisotopic (exact) mass is 437 g/mol. The smallest absolute Gasteiger partial charge is 0.119 e. The minimum absolute atomic E-state index is 0.233. The number of nitrogens with zero attached hydrogens (tertiary/aromatic N) is 3. The number of aromatic nitrogens is 2. The van der Waals surface area contributed by atoms with E-state index in [4.69, 9.17) is 4.74 Å². The average molecular weight is 438 g/mol. The molecule has 4 rings (SSSR count). The lowest BCUT2D eigenvalue weighted by molar-refractivity contribution is 0.261. The van der Waals surface area contributed by atoms with Crippen molar-refractivity contribution in [3.05, 3.63) is 120 Å². The molecule has 0 saturated heterocycles. The van der Waals surface area contributed by atoms with Gasteiger partial charge >= 0.3 is 0 Å². The second-order valence-electron chi connectivity index (χ2n) is 7.94. The highest BCUT2D eigenvalue weighted by molar-refractivity contribution is 6.04. The maximum Gasteiger partial charge on any atom is 0.119 e. The molecule has 0 saturated carbocycles. The Hall–Kier alpha value is -3.96. The number of pyridine rings is 2. The first kappa shape index (κ1) is 22.2. The molecule has 0 aliphatic carbocycles. The Morgan fingerprint density at radius 3 is 1.55 bits per heavy atom. The topological polar surface area (TPSA) is 58.5 Å². The van der Waals surface area contributed by atoms with Gasteiger partial charge in [-0.3, -0.25) is 9.97 Å². The molecule has 0 unspecified atom stereocenters. The number of likely N-dealkylation sites (N-methyl/N-ethyl adjacent to an activating group) is 1. The van der Waals surface area contributed by atoms with Gasteiger partial charge in [0, 0.05) is 31.3 Å². The number of phenolic OH excluding ortho intramolecular Hbond substituents is 1. The summed E-state index contributed by atoms with van der Waals surface area (Å²) >= 11 is 0. The van der Waals surface area contributed by atoms with Gasteiger partial charge in [-0.1, -0.05) is 24.3 Å². The third kappa shape index (κ3) is 5.64. The van der Waals surface area contributed by atoms with E-state index >= 15 is 0 Å². The molecule has 2 aromatic carbocycles. The van der Waals surface area contributed by atoms with Crippen molar-refractivity contribution < 1.29 is 9.84 Å². The molecule has 0 aliphatic rings. The number of hydrogen-bond acceptors (Lipinski definition) is 5. The van der Waals surface area contributed by atoms with Crippen LogP contribution >= 0.6 is 0 Å². The third-order valence-corrected chi connectivity index (χ3v) is 5.29. The first-order valence-electron chi connectivity index (χ1n) is 10.8. The van der Waals surface area contributed by atoms with Crippen molar-refractivity contribution in [2.24, 2.45) is 0 Å². The fraction of sp³-hybridized carbons (Fsp3) is 0.143. The summed E-state index contributed by atoms with van der Waals surface area (Å²) in [6.45, 7) is 1.49. The van der Waals surface area contributed by atoms with Gasteiger partial charge in [0.1, 0.15) is 18.1 Å². The zero-order valence-corrected chi connectivity index (χ0v) is 18.8. The van der Waals surface area contributed by atoms with E-state index in [1.54, 1.807) is 36.9 Å². The lowest BCUT2D eigenvalue weighted by Crippen LogP contribution is -2.19. The second kappa shape index (κ2) is 10.6. The van der Waals surface area contributed by atoms with Crippen LogP contribution in [0.15, 0.2) is 97.6 Å². The van der Waals surface area contributed by atoms with Crippen LogP contribution in [0, 0.1) is 0 Å². The maximum absolute atomic E-state index is 9.89. The number of phenols is 1. The Morgan fingerprint density at radius 2 is 1.09 bits per heavy atom. The minimum Gasteiger partial charge on any atom is -0.508 e. The second-order valence-corrected chi connectivity index (χ2v) is 7.94. The van der Waals surface area contributed by atoms with Gasteiger partial charge in [0.2, 0.25) is 0 Å². The van der Waals surface area contributed by atoms with Crippen molar-refractivity contribution in [1.82, 2.24) is 14.9 Å². The summed E-state index contributed by atoms with van der Waals surface area (Å²) in [6.07, 6.45) is 7.19. The van der Waals surface area contributed by atoms with E-state index in [0.29, 0.717) is 6.61 Å². The van der Waals surface area contributed by atoms with Crippen LogP contribution in [0.5, 0.6) is 11.5 Å². The molecule has 0 bridgehead atoms. The van der Waals surface area contributed by atoms with E-state index in [9.17, 15) is 5.11 Å². The van der Waals surface area contributed by atoms with Gasteiger partial charge in [0.15, 0.2) is 0 Å². The summed E-state index contributed by atoms with van der Waals surface area (Å²) in [5.41, 5.74) is 6.25. The van der Waals surface area contributed by atoms with Crippen LogP contribution in [0.1, 0.15) is 22.3 Å².